The molecule has 0 saturated carbocycles. The van der Waals surface area contributed by atoms with Crippen LogP contribution in [-0.2, 0) is 0 Å². The monoisotopic (exact) mass is 268 g/mol. The molecule has 0 aromatic rings. The third kappa shape index (κ3) is 5.48. The van der Waals surface area contributed by atoms with Crippen molar-refractivity contribution in [1.82, 2.24) is 0 Å². The molecule has 0 aliphatic rings. The normalized spacial score (nSPS) is 18.2. The highest BCUT2D eigenvalue weighted by molar-refractivity contribution is 4.91. The maximum atomic E-state index is 2.52. The minimum atomic E-state index is 0.443. The van der Waals surface area contributed by atoms with Crippen LogP contribution in [0.25, 0.3) is 0 Å². The van der Waals surface area contributed by atoms with Crippen molar-refractivity contribution in [3.05, 3.63) is 0 Å². The Morgan fingerprint density at radius 3 is 1.63 bits per heavy atom. The molecule has 0 radical (unpaired) electrons. The van der Waals surface area contributed by atoms with Crippen LogP contribution < -0.4 is 0 Å². The lowest BCUT2D eigenvalue weighted by atomic mass is 9.57. The lowest BCUT2D eigenvalue weighted by molar-refractivity contribution is 0.0146. The van der Waals surface area contributed by atoms with Gasteiger partial charge in [-0.15, -0.1) is 0 Å². The first-order chi connectivity index (χ1) is 8.50. The van der Waals surface area contributed by atoms with Gasteiger partial charge in [-0.05, 0) is 35.0 Å². The smallest absolute Gasteiger partial charge is 0.0275 e. The zero-order valence-electron chi connectivity index (χ0n) is 15.3. The molecule has 0 aliphatic heterocycles. The molecule has 0 aliphatic carbocycles. The van der Waals surface area contributed by atoms with Gasteiger partial charge in [-0.25, -0.2) is 0 Å². The minimum absolute atomic E-state index is 0.443. The number of rotatable bonds is 8. The third-order valence-electron chi connectivity index (χ3n) is 6.09. The van der Waals surface area contributed by atoms with E-state index in [4.69, 9.17) is 0 Å². The summed E-state index contributed by atoms with van der Waals surface area (Å²) in [6.07, 6.45) is 8.12. The fraction of sp³-hybridized carbons (Fsp3) is 1.00. The predicted molar refractivity (Wildman–Crippen MR) is 89.6 cm³/mol. The van der Waals surface area contributed by atoms with Crippen molar-refractivity contribution in [3.63, 3.8) is 0 Å². The third-order valence-corrected chi connectivity index (χ3v) is 6.09. The summed E-state index contributed by atoms with van der Waals surface area (Å²) in [5.41, 5.74) is 1.42. The molecule has 0 spiro atoms. The summed E-state index contributed by atoms with van der Waals surface area (Å²) in [7, 11) is 0. The molecular weight excluding hydrogens is 228 g/mol. The van der Waals surface area contributed by atoms with E-state index in [1.807, 2.05) is 0 Å². The fourth-order valence-electron chi connectivity index (χ4n) is 3.23. The Balaban J connectivity index is 4.53. The molecule has 0 heteroatoms. The van der Waals surface area contributed by atoms with Crippen LogP contribution in [0, 0.1) is 22.2 Å². The first kappa shape index (κ1) is 19.0. The first-order valence-corrected chi connectivity index (χ1v) is 8.50. The molecule has 0 fully saturated rings. The van der Waals surface area contributed by atoms with Gasteiger partial charge in [0.25, 0.3) is 0 Å². The second kappa shape index (κ2) is 7.14. The van der Waals surface area contributed by atoms with Crippen molar-refractivity contribution >= 4 is 0 Å². The molecule has 0 amide bonds. The van der Waals surface area contributed by atoms with Gasteiger partial charge in [-0.2, -0.15) is 0 Å². The van der Waals surface area contributed by atoms with E-state index >= 15 is 0 Å². The van der Waals surface area contributed by atoms with E-state index in [0.717, 1.165) is 5.92 Å². The molecule has 2 atom stereocenters. The van der Waals surface area contributed by atoms with Crippen LogP contribution >= 0.6 is 0 Å². The zero-order chi connectivity index (χ0) is 15.3. The molecule has 116 valence electrons. The van der Waals surface area contributed by atoms with Crippen LogP contribution in [0.2, 0.25) is 0 Å². The van der Waals surface area contributed by atoms with Crippen LogP contribution in [0.5, 0.6) is 0 Å². The maximum Gasteiger partial charge on any atom is -0.0275 e. The summed E-state index contributed by atoms with van der Waals surface area (Å²) in [5, 5.41) is 0. The van der Waals surface area contributed by atoms with Gasteiger partial charge in [0.1, 0.15) is 0 Å². The topological polar surface area (TPSA) is 0 Å². The Kier molecular flexibility index (Phi) is 7.14. The predicted octanol–water partition coefficient (Wildman–Crippen LogP) is 7.08. The Bertz CT molecular complexity index is 243. The largest absolute Gasteiger partial charge is 0.0651 e. The lowest BCUT2D eigenvalue weighted by Crippen LogP contribution is -2.39. The van der Waals surface area contributed by atoms with Crippen molar-refractivity contribution in [2.75, 3.05) is 0 Å². The second-order valence-electron chi connectivity index (χ2n) is 8.71. The number of hydrogen-bond donors (Lipinski definition) is 0. The van der Waals surface area contributed by atoms with Crippen LogP contribution in [-0.4, -0.2) is 0 Å². The van der Waals surface area contributed by atoms with Crippen molar-refractivity contribution < 1.29 is 0 Å². The molecule has 0 heterocycles. The number of unbranched alkanes of at least 4 members (excludes halogenated alkanes) is 1. The van der Waals surface area contributed by atoms with Gasteiger partial charge in [0.15, 0.2) is 0 Å². The van der Waals surface area contributed by atoms with Gasteiger partial charge < -0.3 is 0 Å². The van der Waals surface area contributed by atoms with Gasteiger partial charge in [-0.3, -0.25) is 0 Å². The Morgan fingerprint density at radius 2 is 1.26 bits per heavy atom. The molecule has 0 aromatic heterocycles. The highest BCUT2D eigenvalue weighted by atomic mass is 14.5. The van der Waals surface area contributed by atoms with Gasteiger partial charge in [0.05, 0.1) is 0 Å². The summed E-state index contributed by atoms with van der Waals surface area (Å²) in [4.78, 5) is 0. The summed E-state index contributed by atoms with van der Waals surface area (Å²) in [6.45, 7) is 21.7. The van der Waals surface area contributed by atoms with Crippen LogP contribution in [0.3, 0.4) is 0 Å². The summed E-state index contributed by atoms with van der Waals surface area (Å²) >= 11 is 0. The molecule has 19 heavy (non-hydrogen) atoms. The van der Waals surface area contributed by atoms with E-state index in [-0.39, 0.29) is 0 Å². The van der Waals surface area contributed by atoms with Crippen molar-refractivity contribution in [1.29, 1.82) is 0 Å². The molecule has 0 bridgehead atoms. The highest BCUT2D eigenvalue weighted by Gasteiger charge is 2.41. The Hall–Kier alpha value is 0. The van der Waals surface area contributed by atoms with Gasteiger partial charge >= 0.3 is 0 Å². The van der Waals surface area contributed by atoms with E-state index in [1.165, 1.54) is 38.5 Å². The average Bonchev–Trinajstić information content (AvgIpc) is 2.31. The quantitative estimate of drug-likeness (QED) is 0.412. The molecule has 0 saturated heterocycles. The van der Waals surface area contributed by atoms with E-state index in [2.05, 4.69) is 62.3 Å². The SMILES string of the molecule is CCC(C)C(C)(C)C(C)(CC)CCCCC(C)(C)C. The lowest BCUT2D eigenvalue weighted by Gasteiger charge is -2.48. The number of hydrogen-bond acceptors (Lipinski definition) is 0. The molecule has 0 N–H and O–H groups in total. The summed E-state index contributed by atoms with van der Waals surface area (Å²) < 4.78 is 0. The first-order valence-electron chi connectivity index (χ1n) is 8.50. The standard InChI is InChI=1S/C19H40/c1-10-16(3)18(7,8)19(9,11-2)15-13-12-14-17(4,5)6/h16H,10-15H2,1-9H3. The zero-order valence-corrected chi connectivity index (χ0v) is 15.3. The summed E-state index contributed by atoms with van der Waals surface area (Å²) in [6, 6.07) is 0. The van der Waals surface area contributed by atoms with Gasteiger partial charge in [0, 0.05) is 0 Å². The second-order valence-corrected chi connectivity index (χ2v) is 8.71. The van der Waals surface area contributed by atoms with Gasteiger partial charge in [0.2, 0.25) is 0 Å². The highest BCUT2D eigenvalue weighted by Crippen LogP contribution is 2.51. The minimum Gasteiger partial charge on any atom is -0.0651 e. The van der Waals surface area contributed by atoms with E-state index in [1.54, 1.807) is 0 Å². The molecular formula is C19H40. The Labute approximate surface area is 123 Å². The molecule has 0 aromatic carbocycles. The molecule has 2 unspecified atom stereocenters. The fourth-order valence-corrected chi connectivity index (χ4v) is 3.23. The maximum absolute atomic E-state index is 2.52. The molecule has 0 nitrogen and oxygen atoms in total. The Morgan fingerprint density at radius 1 is 0.789 bits per heavy atom. The van der Waals surface area contributed by atoms with E-state index in [0.29, 0.717) is 16.2 Å². The van der Waals surface area contributed by atoms with Crippen molar-refractivity contribution in [3.8, 4) is 0 Å². The van der Waals surface area contributed by atoms with Crippen molar-refractivity contribution in [2.24, 2.45) is 22.2 Å². The van der Waals surface area contributed by atoms with Crippen LogP contribution in [0.1, 0.15) is 101 Å². The van der Waals surface area contributed by atoms with Crippen LogP contribution in [0.15, 0.2) is 0 Å². The van der Waals surface area contributed by atoms with Crippen LogP contribution in [0.4, 0.5) is 0 Å². The average molecular weight is 269 g/mol. The van der Waals surface area contributed by atoms with Crippen molar-refractivity contribution in [2.45, 2.75) is 101 Å². The van der Waals surface area contributed by atoms with E-state index in [9.17, 15) is 0 Å². The molecule has 0 rings (SSSR count). The van der Waals surface area contributed by atoms with E-state index < -0.39 is 0 Å². The van der Waals surface area contributed by atoms with Gasteiger partial charge in [-0.1, -0.05) is 88.0 Å². The summed E-state index contributed by atoms with van der Waals surface area (Å²) in [5.74, 6) is 0.806.